The van der Waals surface area contributed by atoms with Crippen molar-refractivity contribution in [2.75, 3.05) is 26.2 Å². The summed E-state index contributed by atoms with van der Waals surface area (Å²) in [6, 6.07) is 9.10. The van der Waals surface area contributed by atoms with Crippen LogP contribution in [0.1, 0.15) is 22.8 Å². The largest absolute Gasteiger partial charge is 0.496 e. The molecular formula is C22H21FN2O5S. The van der Waals surface area contributed by atoms with Crippen molar-refractivity contribution in [3.05, 3.63) is 62.3 Å². The molecule has 0 saturated carbocycles. The van der Waals surface area contributed by atoms with Gasteiger partial charge in [-0.1, -0.05) is 11.3 Å². The van der Waals surface area contributed by atoms with Crippen LogP contribution >= 0.6 is 11.3 Å². The van der Waals surface area contributed by atoms with Gasteiger partial charge in [0.1, 0.15) is 17.4 Å². The molecule has 0 unspecified atom stereocenters. The maximum absolute atomic E-state index is 13.4. The van der Waals surface area contributed by atoms with Crippen molar-refractivity contribution < 1.29 is 23.4 Å². The predicted molar refractivity (Wildman–Crippen MR) is 116 cm³/mol. The Labute approximate surface area is 182 Å². The summed E-state index contributed by atoms with van der Waals surface area (Å²) in [5, 5.41) is 0. The average molecular weight is 444 g/mol. The molecule has 1 amide bonds. The number of amides is 1. The fraction of sp³-hybridized carbons (Fsp3) is 0.273. The predicted octanol–water partition coefficient (Wildman–Crippen LogP) is 3.81. The number of rotatable bonds is 5. The number of fused-ring (bicyclic) bond motifs is 1. The molecule has 0 radical (unpaired) electrons. The quantitative estimate of drug-likeness (QED) is 0.599. The molecule has 9 heteroatoms. The van der Waals surface area contributed by atoms with Gasteiger partial charge in [0.15, 0.2) is 11.5 Å². The zero-order chi connectivity index (χ0) is 22.3. The average Bonchev–Trinajstić information content (AvgIpc) is 3.07. The molecule has 0 N–H and O–H groups in total. The lowest BCUT2D eigenvalue weighted by Gasteiger charge is -2.32. The number of hydrogen-bond acceptors (Lipinski definition) is 6. The highest BCUT2D eigenvalue weighted by Crippen LogP contribution is 2.48. The Balaban J connectivity index is 1.91. The van der Waals surface area contributed by atoms with Crippen LogP contribution < -0.4 is 24.0 Å². The number of benzene rings is 2. The van der Waals surface area contributed by atoms with Crippen molar-refractivity contribution in [3.8, 4) is 17.2 Å². The number of thiazole rings is 1. The van der Waals surface area contributed by atoms with E-state index in [0.717, 1.165) is 21.8 Å². The van der Waals surface area contributed by atoms with Gasteiger partial charge in [-0.05, 0) is 30.3 Å². The number of anilines is 2. The topological polar surface area (TPSA) is 70.0 Å². The molecule has 0 bridgehead atoms. The van der Waals surface area contributed by atoms with E-state index >= 15 is 0 Å². The standard InChI is InChI=1S/C22H21FN2O5S/c1-24-21-20(31-22(24)27)15(10-19(26)25(21)13-7-5-12(23)6-8-13)14-9-17(29-3)18(30-4)11-16(14)28-2/h5-9,11,15H,10H2,1-4H3/t15-/m0/s1. The molecule has 0 aliphatic carbocycles. The van der Waals surface area contributed by atoms with E-state index in [9.17, 15) is 14.0 Å². The van der Waals surface area contributed by atoms with Crippen LogP contribution in [0, 0.1) is 5.82 Å². The third-order valence-corrected chi connectivity index (χ3v) is 6.50. The first-order chi connectivity index (χ1) is 14.9. The molecule has 1 aromatic heterocycles. The second-order valence-corrected chi connectivity index (χ2v) is 8.02. The third-order valence-electron chi connectivity index (χ3n) is 5.36. The maximum atomic E-state index is 13.4. The van der Waals surface area contributed by atoms with Crippen LogP contribution in [0.5, 0.6) is 17.2 Å². The molecule has 31 heavy (non-hydrogen) atoms. The molecule has 1 aliphatic rings. The smallest absolute Gasteiger partial charge is 0.308 e. The van der Waals surface area contributed by atoms with E-state index in [1.807, 2.05) is 0 Å². The van der Waals surface area contributed by atoms with E-state index in [0.29, 0.717) is 28.8 Å². The van der Waals surface area contributed by atoms with Crippen LogP contribution in [0.15, 0.2) is 41.2 Å². The highest BCUT2D eigenvalue weighted by atomic mass is 32.1. The van der Waals surface area contributed by atoms with Crippen LogP contribution in [-0.4, -0.2) is 31.8 Å². The van der Waals surface area contributed by atoms with E-state index in [4.69, 9.17) is 14.2 Å². The van der Waals surface area contributed by atoms with Crippen LogP contribution in [0.25, 0.3) is 0 Å². The molecule has 0 spiro atoms. The normalized spacial score (nSPS) is 15.6. The van der Waals surface area contributed by atoms with Crippen molar-refractivity contribution >= 4 is 28.7 Å². The lowest BCUT2D eigenvalue weighted by molar-refractivity contribution is -0.118. The Morgan fingerprint density at radius 2 is 1.58 bits per heavy atom. The van der Waals surface area contributed by atoms with E-state index < -0.39 is 11.7 Å². The van der Waals surface area contributed by atoms with Gasteiger partial charge in [0, 0.05) is 31.0 Å². The molecule has 1 aliphatic heterocycles. The fourth-order valence-electron chi connectivity index (χ4n) is 3.86. The van der Waals surface area contributed by atoms with Gasteiger partial charge >= 0.3 is 4.87 Å². The summed E-state index contributed by atoms with van der Waals surface area (Å²) in [5.74, 6) is 0.971. The maximum Gasteiger partial charge on any atom is 0.308 e. The number of aromatic nitrogens is 1. The SMILES string of the molecule is COc1cc(OC)c([C@@H]2CC(=O)N(c3ccc(F)cc3)c3c2sc(=O)n3C)cc1OC. The van der Waals surface area contributed by atoms with Crippen molar-refractivity contribution in [3.63, 3.8) is 0 Å². The second-order valence-electron chi connectivity index (χ2n) is 7.03. The molecule has 2 heterocycles. The summed E-state index contributed by atoms with van der Waals surface area (Å²) in [6.45, 7) is 0. The fourth-order valence-corrected chi connectivity index (χ4v) is 4.94. The summed E-state index contributed by atoms with van der Waals surface area (Å²) in [5.41, 5.74) is 1.22. The third kappa shape index (κ3) is 3.44. The number of methoxy groups -OCH3 is 3. The second kappa shape index (κ2) is 8.07. The lowest BCUT2D eigenvalue weighted by Crippen LogP contribution is -2.34. The van der Waals surface area contributed by atoms with Gasteiger partial charge in [-0.2, -0.15) is 0 Å². The van der Waals surface area contributed by atoms with Gasteiger partial charge < -0.3 is 14.2 Å². The molecule has 0 saturated heterocycles. The molecular weight excluding hydrogens is 423 g/mol. The zero-order valence-corrected chi connectivity index (χ0v) is 18.3. The van der Waals surface area contributed by atoms with Gasteiger partial charge in [-0.25, -0.2) is 4.39 Å². The minimum absolute atomic E-state index is 0.107. The minimum Gasteiger partial charge on any atom is -0.496 e. The number of carbonyl (C=O) groups is 1. The van der Waals surface area contributed by atoms with Crippen LogP contribution in [-0.2, 0) is 11.8 Å². The van der Waals surface area contributed by atoms with Gasteiger partial charge in [-0.15, -0.1) is 0 Å². The molecule has 162 valence electrons. The summed E-state index contributed by atoms with van der Waals surface area (Å²) >= 11 is 1.08. The summed E-state index contributed by atoms with van der Waals surface area (Å²) in [4.78, 5) is 27.9. The molecule has 3 aromatic rings. The Morgan fingerprint density at radius 3 is 2.19 bits per heavy atom. The minimum atomic E-state index is -0.409. The van der Waals surface area contributed by atoms with Crippen molar-refractivity contribution in [2.24, 2.45) is 7.05 Å². The highest BCUT2D eigenvalue weighted by molar-refractivity contribution is 7.10. The zero-order valence-electron chi connectivity index (χ0n) is 17.5. The first-order valence-electron chi connectivity index (χ1n) is 9.47. The molecule has 4 rings (SSSR count). The number of carbonyl (C=O) groups excluding carboxylic acids is 1. The van der Waals surface area contributed by atoms with Crippen molar-refractivity contribution in [2.45, 2.75) is 12.3 Å². The van der Waals surface area contributed by atoms with E-state index in [2.05, 4.69) is 0 Å². The first kappa shape index (κ1) is 20.9. The van der Waals surface area contributed by atoms with Crippen LogP contribution in [0.2, 0.25) is 0 Å². The first-order valence-corrected chi connectivity index (χ1v) is 10.3. The highest BCUT2D eigenvalue weighted by Gasteiger charge is 2.39. The summed E-state index contributed by atoms with van der Waals surface area (Å²) in [7, 11) is 6.22. The Bertz CT molecular complexity index is 1200. The molecule has 1 atom stereocenters. The van der Waals surface area contributed by atoms with Crippen LogP contribution in [0.3, 0.4) is 0 Å². The number of halogens is 1. The van der Waals surface area contributed by atoms with Crippen molar-refractivity contribution in [1.29, 1.82) is 0 Å². The molecule has 7 nitrogen and oxygen atoms in total. The summed E-state index contributed by atoms with van der Waals surface area (Å²) < 4.78 is 31.2. The number of nitrogens with zero attached hydrogens (tertiary/aromatic N) is 2. The van der Waals surface area contributed by atoms with E-state index in [1.165, 1.54) is 55.1 Å². The summed E-state index contributed by atoms with van der Waals surface area (Å²) in [6.07, 6.45) is 0.107. The molecule has 0 fully saturated rings. The van der Waals surface area contributed by atoms with Crippen LogP contribution in [0.4, 0.5) is 15.9 Å². The Hall–Kier alpha value is -3.33. The Morgan fingerprint density at radius 1 is 0.968 bits per heavy atom. The van der Waals surface area contributed by atoms with E-state index in [1.54, 1.807) is 19.2 Å². The number of ether oxygens (including phenoxy) is 3. The Kier molecular flexibility index (Phi) is 5.45. The lowest BCUT2D eigenvalue weighted by atomic mass is 9.89. The monoisotopic (exact) mass is 444 g/mol. The van der Waals surface area contributed by atoms with E-state index in [-0.39, 0.29) is 17.2 Å². The molecule has 2 aromatic carbocycles. The van der Waals surface area contributed by atoms with Gasteiger partial charge in [0.2, 0.25) is 5.91 Å². The van der Waals surface area contributed by atoms with Gasteiger partial charge in [0.25, 0.3) is 0 Å². The number of hydrogen-bond donors (Lipinski definition) is 0. The van der Waals surface area contributed by atoms with Gasteiger partial charge in [0.05, 0.1) is 31.9 Å². The van der Waals surface area contributed by atoms with Gasteiger partial charge in [-0.3, -0.25) is 19.1 Å². The van der Waals surface area contributed by atoms with Crippen molar-refractivity contribution in [1.82, 2.24) is 4.57 Å².